The zero-order valence-corrected chi connectivity index (χ0v) is 12.6. The summed E-state index contributed by atoms with van der Waals surface area (Å²) < 4.78 is 0. The van der Waals surface area contributed by atoms with E-state index >= 15 is 0 Å². The van der Waals surface area contributed by atoms with Crippen LogP contribution in [0, 0.1) is 0 Å². The Morgan fingerprint density at radius 1 is 1.42 bits per heavy atom. The van der Waals surface area contributed by atoms with Crippen molar-refractivity contribution >= 4 is 5.91 Å². The fourth-order valence-corrected chi connectivity index (χ4v) is 2.51. The quantitative estimate of drug-likeness (QED) is 0.687. The molecule has 0 aliphatic carbocycles. The second-order valence-electron chi connectivity index (χ2n) is 5.92. The highest BCUT2D eigenvalue weighted by molar-refractivity contribution is 5.86. The highest BCUT2D eigenvalue weighted by Crippen LogP contribution is 2.14. The highest BCUT2D eigenvalue weighted by atomic mass is 16.3. The summed E-state index contributed by atoms with van der Waals surface area (Å²) in [6, 6.07) is 0.365. The van der Waals surface area contributed by atoms with Crippen molar-refractivity contribution < 1.29 is 9.90 Å². The molecule has 1 aliphatic heterocycles. The van der Waals surface area contributed by atoms with Gasteiger partial charge < -0.3 is 15.7 Å². The molecule has 1 aliphatic rings. The zero-order chi connectivity index (χ0) is 14.5. The number of carbonyl (C=O) groups excluding carboxylic acids is 1. The van der Waals surface area contributed by atoms with Crippen LogP contribution in [0.25, 0.3) is 0 Å². The SMILES string of the molecule is CCCCCN1CCN(C(=O)C(C)(N)CO)C[C@H]1C. The lowest BCUT2D eigenvalue weighted by atomic mass is 10.0. The molecule has 0 aromatic heterocycles. The summed E-state index contributed by atoms with van der Waals surface area (Å²) in [4.78, 5) is 16.4. The van der Waals surface area contributed by atoms with Gasteiger partial charge in [-0.25, -0.2) is 0 Å². The number of hydrogen-bond donors (Lipinski definition) is 2. The summed E-state index contributed by atoms with van der Waals surface area (Å²) in [7, 11) is 0. The van der Waals surface area contributed by atoms with Gasteiger partial charge >= 0.3 is 0 Å². The Hall–Kier alpha value is -0.650. The van der Waals surface area contributed by atoms with Crippen LogP contribution in [-0.4, -0.2) is 65.2 Å². The first-order chi connectivity index (χ1) is 8.92. The molecule has 5 heteroatoms. The van der Waals surface area contributed by atoms with Crippen molar-refractivity contribution in [2.24, 2.45) is 5.73 Å². The summed E-state index contributed by atoms with van der Waals surface area (Å²) in [5.74, 6) is -0.143. The van der Waals surface area contributed by atoms with Crippen LogP contribution in [0.3, 0.4) is 0 Å². The molecule has 0 bridgehead atoms. The molecule has 1 unspecified atom stereocenters. The van der Waals surface area contributed by atoms with Crippen LogP contribution in [0.4, 0.5) is 0 Å². The molecular weight excluding hydrogens is 242 g/mol. The van der Waals surface area contributed by atoms with Gasteiger partial charge in [0.1, 0.15) is 5.54 Å². The third kappa shape index (κ3) is 4.44. The smallest absolute Gasteiger partial charge is 0.244 e. The minimum Gasteiger partial charge on any atom is -0.394 e. The van der Waals surface area contributed by atoms with Crippen molar-refractivity contribution in [3.8, 4) is 0 Å². The van der Waals surface area contributed by atoms with Gasteiger partial charge in [-0.1, -0.05) is 19.8 Å². The standard InChI is InChI=1S/C14H29N3O2/c1-4-5-6-7-16-8-9-17(10-12(16)2)13(19)14(3,15)11-18/h12,18H,4-11,15H2,1-3H3/t12-,14?/m1/s1. The average molecular weight is 271 g/mol. The molecule has 19 heavy (non-hydrogen) atoms. The van der Waals surface area contributed by atoms with E-state index in [1.807, 2.05) is 0 Å². The van der Waals surface area contributed by atoms with E-state index in [1.165, 1.54) is 19.3 Å². The Bertz CT molecular complexity index is 294. The fourth-order valence-electron chi connectivity index (χ4n) is 2.51. The first kappa shape index (κ1) is 16.4. The lowest BCUT2D eigenvalue weighted by Gasteiger charge is -2.42. The Balaban J connectivity index is 2.47. The zero-order valence-electron chi connectivity index (χ0n) is 12.6. The maximum Gasteiger partial charge on any atom is 0.244 e. The van der Waals surface area contributed by atoms with Crippen molar-refractivity contribution in [2.75, 3.05) is 32.8 Å². The third-order valence-electron chi connectivity index (χ3n) is 3.92. The van der Waals surface area contributed by atoms with E-state index in [9.17, 15) is 9.90 Å². The molecule has 0 aromatic carbocycles. The predicted molar refractivity (Wildman–Crippen MR) is 76.8 cm³/mol. The minimum atomic E-state index is -1.15. The molecule has 1 fully saturated rings. The largest absolute Gasteiger partial charge is 0.394 e. The van der Waals surface area contributed by atoms with Crippen molar-refractivity contribution in [2.45, 2.75) is 51.6 Å². The van der Waals surface area contributed by atoms with Gasteiger partial charge in [0.2, 0.25) is 5.91 Å². The van der Waals surface area contributed by atoms with E-state index < -0.39 is 5.54 Å². The Labute approximate surface area is 116 Å². The molecule has 1 amide bonds. The summed E-state index contributed by atoms with van der Waals surface area (Å²) in [6.07, 6.45) is 3.71. The van der Waals surface area contributed by atoms with Crippen LogP contribution in [0.15, 0.2) is 0 Å². The number of hydrogen-bond acceptors (Lipinski definition) is 4. The summed E-state index contributed by atoms with van der Waals surface area (Å²) >= 11 is 0. The Kier molecular flexibility index (Phi) is 6.23. The molecule has 1 rings (SSSR count). The van der Waals surface area contributed by atoms with Crippen LogP contribution < -0.4 is 5.73 Å². The van der Waals surface area contributed by atoms with Gasteiger partial charge in [0, 0.05) is 25.7 Å². The molecule has 0 aromatic rings. The van der Waals surface area contributed by atoms with Crippen LogP contribution >= 0.6 is 0 Å². The van der Waals surface area contributed by atoms with Gasteiger partial charge in [-0.15, -0.1) is 0 Å². The maximum atomic E-state index is 12.2. The van der Waals surface area contributed by atoms with Crippen molar-refractivity contribution in [3.05, 3.63) is 0 Å². The number of unbranched alkanes of at least 4 members (excludes halogenated alkanes) is 2. The number of nitrogens with two attached hydrogens (primary N) is 1. The predicted octanol–water partition coefficient (Wildman–Crippen LogP) is 0.419. The molecule has 112 valence electrons. The lowest BCUT2D eigenvalue weighted by Crippen LogP contribution is -2.61. The van der Waals surface area contributed by atoms with Gasteiger partial charge in [0.15, 0.2) is 0 Å². The summed E-state index contributed by atoms with van der Waals surface area (Å²) in [6.45, 7) is 9.06. The second kappa shape index (κ2) is 7.22. The van der Waals surface area contributed by atoms with Crippen LogP contribution in [-0.2, 0) is 4.79 Å². The van der Waals surface area contributed by atoms with E-state index in [4.69, 9.17) is 5.73 Å². The number of piperazine rings is 1. The molecule has 5 nitrogen and oxygen atoms in total. The van der Waals surface area contributed by atoms with Crippen LogP contribution in [0.1, 0.15) is 40.0 Å². The number of nitrogens with zero attached hydrogens (tertiary/aromatic N) is 2. The minimum absolute atomic E-state index is 0.143. The molecule has 0 saturated carbocycles. The van der Waals surface area contributed by atoms with Gasteiger partial charge in [-0.05, 0) is 26.8 Å². The van der Waals surface area contributed by atoms with E-state index in [-0.39, 0.29) is 12.5 Å². The van der Waals surface area contributed by atoms with Gasteiger partial charge in [-0.3, -0.25) is 9.69 Å². The number of carbonyl (C=O) groups is 1. The van der Waals surface area contributed by atoms with Crippen LogP contribution in [0.2, 0.25) is 0 Å². The molecule has 2 atom stereocenters. The number of aliphatic hydroxyl groups excluding tert-OH is 1. The maximum absolute atomic E-state index is 12.2. The fraction of sp³-hybridized carbons (Fsp3) is 0.929. The van der Waals surface area contributed by atoms with Crippen LogP contribution in [0.5, 0.6) is 0 Å². The van der Waals surface area contributed by atoms with Crippen molar-refractivity contribution in [1.82, 2.24) is 9.80 Å². The highest BCUT2D eigenvalue weighted by Gasteiger charge is 2.35. The summed E-state index contributed by atoms with van der Waals surface area (Å²) in [5, 5.41) is 9.17. The van der Waals surface area contributed by atoms with Gasteiger partial charge in [-0.2, -0.15) is 0 Å². The second-order valence-corrected chi connectivity index (χ2v) is 5.92. The first-order valence-corrected chi connectivity index (χ1v) is 7.35. The van der Waals surface area contributed by atoms with E-state index in [0.717, 1.165) is 13.1 Å². The van der Waals surface area contributed by atoms with E-state index in [0.29, 0.717) is 19.1 Å². The molecule has 3 N–H and O–H groups in total. The molecule has 1 heterocycles. The monoisotopic (exact) mass is 271 g/mol. The average Bonchev–Trinajstić information content (AvgIpc) is 2.40. The summed E-state index contributed by atoms with van der Waals surface area (Å²) in [5.41, 5.74) is 4.67. The molecule has 0 radical (unpaired) electrons. The number of rotatable bonds is 6. The third-order valence-corrected chi connectivity index (χ3v) is 3.92. The number of amides is 1. The van der Waals surface area contributed by atoms with Crippen molar-refractivity contribution in [3.63, 3.8) is 0 Å². The number of aliphatic hydroxyl groups is 1. The first-order valence-electron chi connectivity index (χ1n) is 7.35. The normalized spacial score (nSPS) is 24.3. The molecular formula is C14H29N3O2. The van der Waals surface area contributed by atoms with E-state index in [1.54, 1.807) is 11.8 Å². The topological polar surface area (TPSA) is 69.8 Å². The molecule has 0 spiro atoms. The van der Waals surface area contributed by atoms with Crippen molar-refractivity contribution in [1.29, 1.82) is 0 Å². The Morgan fingerprint density at radius 3 is 2.63 bits per heavy atom. The van der Waals surface area contributed by atoms with Gasteiger partial charge in [0.05, 0.1) is 6.61 Å². The Morgan fingerprint density at radius 2 is 2.11 bits per heavy atom. The molecule has 1 saturated heterocycles. The lowest BCUT2D eigenvalue weighted by molar-refractivity contribution is -0.140. The van der Waals surface area contributed by atoms with Gasteiger partial charge in [0.25, 0.3) is 0 Å². The van der Waals surface area contributed by atoms with E-state index in [2.05, 4.69) is 18.7 Å².